The molecule has 1 saturated heterocycles. The van der Waals surface area contributed by atoms with Crippen molar-refractivity contribution in [2.75, 3.05) is 31.6 Å². The van der Waals surface area contributed by atoms with Crippen molar-refractivity contribution < 1.29 is 19.2 Å². The number of anilines is 1. The predicted octanol–water partition coefficient (Wildman–Crippen LogP) is -0.196. The topological polar surface area (TPSA) is 85.9 Å². The third-order valence-corrected chi connectivity index (χ3v) is 3.88. The fourth-order valence-corrected chi connectivity index (χ4v) is 2.79. The maximum atomic E-state index is 12.1. The first-order valence-corrected chi connectivity index (χ1v) is 7.74. The number of ether oxygens (including phenoxy) is 1. The molecule has 0 aliphatic carbocycles. The zero-order valence-corrected chi connectivity index (χ0v) is 12.9. The van der Waals surface area contributed by atoms with Crippen LogP contribution in [0, 0.1) is 5.92 Å². The second kappa shape index (κ2) is 7.79. The smallest absolute Gasteiger partial charge is 0.279 e. The molecule has 1 unspecified atom stereocenters. The molecule has 2 atom stereocenters. The number of hydrogen-bond donors (Lipinski definition) is 3. The molecule has 0 aromatic heterocycles. The fourth-order valence-electron chi connectivity index (χ4n) is 2.79. The van der Waals surface area contributed by atoms with E-state index in [1.165, 1.54) is 0 Å². The minimum Gasteiger partial charge on any atom is -0.494 e. The van der Waals surface area contributed by atoms with Crippen molar-refractivity contribution >= 4 is 17.5 Å². The standard InChI is InChI=1S/C16H23N3O3/c1-2-22-14-7-5-13(6-8-14)18-15(20)11-19-9-3-4-12(10-19)16(17)21/h5-8,12H,2-4,9-11H2,1H3,(H2,17,21)(H,18,20)/p+1/t12-/m0/s1. The number of benzene rings is 1. The Morgan fingerprint density at radius 2 is 2.09 bits per heavy atom. The summed E-state index contributed by atoms with van der Waals surface area (Å²) in [4.78, 5) is 24.5. The van der Waals surface area contributed by atoms with Gasteiger partial charge in [0.25, 0.3) is 5.91 Å². The normalized spacial score (nSPS) is 21.1. The number of quaternary nitrogens is 1. The Morgan fingerprint density at radius 3 is 2.73 bits per heavy atom. The quantitative estimate of drug-likeness (QED) is 0.680. The van der Waals surface area contributed by atoms with Crippen molar-refractivity contribution in [3.63, 3.8) is 0 Å². The number of piperidine rings is 1. The Kier molecular flexibility index (Phi) is 5.77. The summed E-state index contributed by atoms with van der Waals surface area (Å²) < 4.78 is 5.36. The van der Waals surface area contributed by atoms with Gasteiger partial charge in [0, 0.05) is 5.69 Å². The number of nitrogens with two attached hydrogens (primary N) is 1. The number of carbonyl (C=O) groups is 2. The third-order valence-electron chi connectivity index (χ3n) is 3.88. The molecular weight excluding hydrogens is 282 g/mol. The number of nitrogens with one attached hydrogen (secondary N) is 2. The van der Waals surface area contributed by atoms with Crippen molar-refractivity contribution in [3.8, 4) is 5.75 Å². The maximum Gasteiger partial charge on any atom is 0.279 e. The number of likely N-dealkylation sites (tertiary alicyclic amines) is 1. The van der Waals surface area contributed by atoms with Crippen molar-refractivity contribution in [2.45, 2.75) is 19.8 Å². The SMILES string of the molecule is CCOc1ccc(NC(=O)C[NH+]2CCC[C@H](C(N)=O)C2)cc1. The van der Waals surface area contributed by atoms with E-state index in [1.54, 1.807) is 0 Å². The van der Waals surface area contributed by atoms with Gasteiger partial charge in [-0.2, -0.15) is 0 Å². The van der Waals surface area contributed by atoms with Gasteiger partial charge in [0.05, 0.1) is 25.6 Å². The molecule has 22 heavy (non-hydrogen) atoms. The van der Waals surface area contributed by atoms with Gasteiger partial charge in [-0.25, -0.2) is 0 Å². The Labute approximate surface area is 130 Å². The van der Waals surface area contributed by atoms with Gasteiger partial charge in [0.1, 0.15) is 5.75 Å². The van der Waals surface area contributed by atoms with Crippen LogP contribution in [0.4, 0.5) is 5.69 Å². The van der Waals surface area contributed by atoms with Crippen molar-refractivity contribution in [2.24, 2.45) is 11.7 Å². The number of rotatable bonds is 6. The average Bonchev–Trinajstić information content (AvgIpc) is 2.49. The van der Waals surface area contributed by atoms with E-state index in [0.717, 1.165) is 35.7 Å². The molecule has 0 radical (unpaired) electrons. The molecule has 6 heteroatoms. The molecule has 4 N–H and O–H groups in total. The number of primary amides is 1. The molecule has 1 aromatic rings. The van der Waals surface area contributed by atoms with E-state index in [2.05, 4.69) is 5.32 Å². The van der Waals surface area contributed by atoms with Gasteiger partial charge in [-0.3, -0.25) is 9.59 Å². The van der Waals surface area contributed by atoms with E-state index < -0.39 is 0 Å². The van der Waals surface area contributed by atoms with Gasteiger partial charge >= 0.3 is 0 Å². The number of hydrogen-bond acceptors (Lipinski definition) is 3. The van der Waals surface area contributed by atoms with Crippen LogP contribution in [0.5, 0.6) is 5.75 Å². The monoisotopic (exact) mass is 306 g/mol. The summed E-state index contributed by atoms with van der Waals surface area (Å²) >= 11 is 0. The molecule has 1 aliphatic heterocycles. The van der Waals surface area contributed by atoms with Crippen LogP contribution in [0.15, 0.2) is 24.3 Å². The van der Waals surface area contributed by atoms with Crippen LogP contribution in [0.3, 0.4) is 0 Å². The Hall–Kier alpha value is -2.08. The Bertz CT molecular complexity index is 516. The van der Waals surface area contributed by atoms with Crippen LogP contribution < -0.4 is 20.7 Å². The molecule has 6 nitrogen and oxygen atoms in total. The molecule has 0 saturated carbocycles. The highest BCUT2D eigenvalue weighted by Gasteiger charge is 2.28. The summed E-state index contributed by atoms with van der Waals surface area (Å²) in [6.45, 7) is 4.45. The van der Waals surface area contributed by atoms with E-state index >= 15 is 0 Å². The lowest BCUT2D eigenvalue weighted by Gasteiger charge is -2.27. The fraction of sp³-hybridized carbons (Fsp3) is 0.500. The largest absolute Gasteiger partial charge is 0.494 e. The summed E-state index contributed by atoms with van der Waals surface area (Å²) in [7, 11) is 0. The zero-order valence-electron chi connectivity index (χ0n) is 12.9. The van der Waals surface area contributed by atoms with E-state index in [4.69, 9.17) is 10.5 Å². The van der Waals surface area contributed by atoms with Gasteiger partial charge in [-0.05, 0) is 44.0 Å². The zero-order chi connectivity index (χ0) is 15.9. The lowest BCUT2D eigenvalue weighted by Crippen LogP contribution is -3.14. The molecule has 1 aliphatic rings. The highest BCUT2D eigenvalue weighted by atomic mass is 16.5. The minimum absolute atomic E-state index is 0.0516. The molecule has 0 spiro atoms. The molecule has 120 valence electrons. The first-order valence-electron chi connectivity index (χ1n) is 7.74. The van der Waals surface area contributed by atoms with Crippen LogP contribution in [0.25, 0.3) is 0 Å². The first kappa shape index (κ1) is 16.3. The summed E-state index contributed by atoms with van der Waals surface area (Å²) in [5, 5.41) is 2.87. The van der Waals surface area contributed by atoms with Crippen LogP contribution >= 0.6 is 0 Å². The summed E-state index contributed by atoms with van der Waals surface area (Å²) in [6.07, 6.45) is 1.76. The van der Waals surface area contributed by atoms with E-state index in [0.29, 0.717) is 19.7 Å². The van der Waals surface area contributed by atoms with E-state index in [1.807, 2.05) is 31.2 Å². The Morgan fingerprint density at radius 1 is 1.36 bits per heavy atom. The van der Waals surface area contributed by atoms with Crippen LogP contribution in [0.1, 0.15) is 19.8 Å². The first-order chi connectivity index (χ1) is 10.6. The molecular formula is C16H24N3O3+. The van der Waals surface area contributed by atoms with Crippen molar-refractivity contribution in [1.82, 2.24) is 0 Å². The molecule has 1 fully saturated rings. The molecule has 1 aromatic carbocycles. The van der Waals surface area contributed by atoms with Gasteiger partial charge in [0.2, 0.25) is 5.91 Å². The van der Waals surface area contributed by atoms with Crippen molar-refractivity contribution in [1.29, 1.82) is 0 Å². The number of amides is 2. The van der Waals surface area contributed by atoms with Gasteiger partial charge < -0.3 is 20.7 Å². The second-order valence-electron chi connectivity index (χ2n) is 5.63. The highest BCUT2D eigenvalue weighted by molar-refractivity contribution is 5.91. The predicted molar refractivity (Wildman–Crippen MR) is 83.7 cm³/mol. The van der Waals surface area contributed by atoms with Crippen LogP contribution in [-0.4, -0.2) is 38.1 Å². The Balaban J connectivity index is 1.83. The summed E-state index contributed by atoms with van der Waals surface area (Å²) in [5.41, 5.74) is 6.10. The van der Waals surface area contributed by atoms with E-state index in [9.17, 15) is 9.59 Å². The third kappa shape index (κ3) is 4.73. The lowest BCUT2D eigenvalue weighted by atomic mass is 9.97. The van der Waals surface area contributed by atoms with Crippen LogP contribution in [-0.2, 0) is 9.59 Å². The second-order valence-corrected chi connectivity index (χ2v) is 5.63. The highest BCUT2D eigenvalue weighted by Crippen LogP contribution is 2.15. The number of carbonyl (C=O) groups excluding carboxylic acids is 2. The molecule has 0 bridgehead atoms. The molecule has 2 rings (SSSR count). The maximum absolute atomic E-state index is 12.1. The molecule has 2 amide bonds. The summed E-state index contributed by atoms with van der Waals surface area (Å²) in [6, 6.07) is 7.30. The van der Waals surface area contributed by atoms with Gasteiger partial charge in [0.15, 0.2) is 6.54 Å². The van der Waals surface area contributed by atoms with E-state index in [-0.39, 0.29) is 17.7 Å². The summed E-state index contributed by atoms with van der Waals surface area (Å²) in [5.74, 6) is 0.363. The van der Waals surface area contributed by atoms with Crippen LogP contribution in [0.2, 0.25) is 0 Å². The van der Waals surface area contributed by atoms with Gasteiger partial charge in [-0.1, -0.05) is 0 Å². The van der Waals surface area contributed by atoms with Crippen molar-refractivity contribution in [3.05, 3.63) is 24.3 Å². The lowest BCUT2D eigenvalue weighted by molar-refractivity contribution is -0.899. The molecule has 1 heterocycles. The minimum atomic E-state index is -0.260. The van der Waals surface area contributed by atoms with Gasteiger partial charge in [-0.15, -0.1) is 0 Å². The average molecular weight is 306 g/mol.